The number of anilines is 2. The Labute approximate surface area is 159 Å². The van der Waals surface area contributed by atoms with Gasteiger partial charge in [0, 0.05) is 44.1 Å². The monoisotopic (exact) mass is 360 g/mol. The van der Waals surface area contributed by atoms with E-state index in [1.54, 1.807) is 12.4 Å². The highest BCUT2D eigenvalue weighted by atomic mass is 15.3. The number of nitrogens with zero attached hydrogens (tertiary/aromatic N) is 6. The third-order valence-electron chi connectivity index (χ3n) is 4.88. The molecule has 6 heteroatoms. The molecule has 138 valence electrons. The van der Waals surface area contributed by atoms with Crippen LogP contribution in [0.3, 0.4) is 0 Å². The van der Waals surface area contributed by atoms with Crippen LogP contribution in [-0.2, 0) is 0 Å². The minimum atomic E-state index is 0.348. The molecule has 0 N–H and O–H groups in total. The highest BCUT2D eigenvalue weighted by Crippen LogP contribution is 2.31. The van der Waals surface area contributed by atoms with Crippen LogP contribution in [0.4, 0.5) is 11.8 Å². The van der Waals surface area contributed by atoms with E-state index in [2.05, 4.69) is 74.1 Å². The van der Waals surface area contributed by atoms with Crippen molar-refractivity contribution < 1.29 is 0 Å². The summed E-state index contributed by atoms with van der Waals surface area (Å²) in [5.41, 5.74) is 3.35. The minimum absolute atomic E-state index is 0.348. The van der Waals surface area contributed by atoms with Crippen LogP contribution in [0.5, 0.6) is 0 Å². The van der Waals surface area contributed by atoms with Crippen LogP contribution in [0.1, 0.15) is 25.5 Å². The molecule has 0 amide bonds. The molecular weight excluding hydrogens is 336 g/mol. The van der Waals surface area contributed by atoms with Crippen molar-refractivity contribution in [3.63, 3.8) is 0 Å². The third-order valence-corrected chi connectivity index (χ3v) is 4.88. The van der Waals surface area contributed by atoms with Gasteiger partial charge in [-0.1, -0.05) is 44.2 Å². The van der Waals surface area contributed by atoms with Gasteiger partial charge in [0.1, 0.15) is 0 Å². The Kier molecular flexibility index (Phi) is 4.96. The Hall–Kier alpha value is -3.02. The molecule has 0 aliphatic carbocycles. The van der Waals surface area contributed by atoms with Gasteiger partial charge in [-0.3, -0.25) is 0 Å². The van der Waals surface area contributed by atoms with Gasteiger partial charge in [-0.25, -0.2) is 9.97 Å². The zero-order valence-electron chi connectivity index (χ0n) is 15.8. The van der Waals surface area contributed by atoms with Crippen LogP contribution in [0.25, 0.3) is 11.1 Å². The quantitative estimate of drug-likeness (QED) is 0.711. The zero-order valence-corrected chi connectivity index (χ0v) is 15.8. The fourth-order valence-corrected chi connectivity index (χ4v) is 3.32. The number of hydrogen-bond acceptors (Lipinski definition) is 6. The lowest BCUT2D eigenvalue weighted by Gasteiger charge is -2.36. The van der Waals surface area contributed by atoms with Gasteiger partial charge in [0.25, 0.3) is 0 Å². The first-order chi connectivity index (χ1) is 13.2. The first-order valence-corrected chi connectivity index (χ1v) is 9.42. The number of hydrogen-bond donors (Lipinski definition) is 0. The highest BCUT2D eigenvalue weighted by molar-refractivity contribution is 5.76. The van der Waals surface area contributed by atoms with E-state index in [0.717, 1.165) is 49.2 Å². The minimum Gasteiger partial charge on any atom is -0.351 e. The van der Waals surface area contributed by atoms with Crippen molar-refractivity contribution in [3.8, 4) is 11.1 Å². The van der Waals surface area contributed by atoms with Crippen LogP contribution >= 0.6 is 0 Å². The summed E-state index contributed by atoms with van der Waals surface area (Å²) in [7, 11) is 0. The van der Waals surface area contributed by atoms with Gasteiger partial charge in [0.05, 0.1) is 5.69 Å². The van der Waals surface area contributed by atoms with Gasteiger partial charge in [0.2, 0.25) is 5.95 Å². The lowest BCUT2D eigenvalue weighted by Crippen LogP contribution is -2.47. The molecule has 3 aromatic rings. The van der Waals surface area contributed by atoms with Crippen molar-refractivity contribution in [1.82, 2.24) is 20.2 Å². The van der Waals surface area contributed by atoms with E-state index in [1.165, 1.54) is 5.56 Å². The van der Waals surface area contributed by atoms with E-state index < -0.39 is 0 Å². The summed E-state index contributed by atoms with van der Waals surface area (Å²) in [5.74, 6) is 2.10. The Balaban J connectivity index is 1.60. The first kappa shape index (κ1) is 17.4. The summed E-state index contributed by atoms with van der Waals surface area (Å²) in [5, 5.41) is 9.11. The van der Waals surface area contributed by atoms with Crippen molar-refractivity contribution in [3.05, 3.63) is 60.6 Å². The summed E-state index contributed by atoms with van der Waals surface area (Å²) in [6, 6.07) is 14.5. The first-order valence-electron chi connectivity index (χ1n) is 9.42. The molecule has 0 atom stereocenters. The summed E-state index contributed by atoms with van der Waals surface area (Å²) >= 11 is 0. The van der Waals surface area contributed by atoms with Gasteiger partial charge in [-0.05, 0) is 23.6 Å². The molecule has 6 nitrogen and oxygen atoms in total. The molecule has 0 spiro atoms. The maximum Gasteiger partial charge on any atom is 0.225 e. The second-order valence-electron chi connectivity index (χ2n) is 7.05. The predicted molar refractivity (Wildman–Crippen MR) is 108 cm³/mol. The molecule has 27 heavy (non-hydrogen) atoms. The predicted octanol–water partition coefficient (Wildman–Crippen LogP) is 3.38. The fourth-order valence-electron chi connectivity index (χ4n) is 3.32. The largest absolute Gasteiger partial charge is 0.351 e. The fraction of sp³-hybridized carbons (Fsp3) is 0.333. The zero-order chi connectivity index (χ0) is 18.6. The van der Waals surface area contributed by atoms with E-state index in [-0.39, 0.29) is 0 Å². The number of piperazine rings is 1. The smallest absolute Gasteiger partial charge is 0.225 e. The lowest BCUT2D eigenvalue weighted by atomic mass is 10.0. The number of aromatic nitrogens is 4. The second kappa shape index (κ2) is 7.70. The van der Waals surface area contributed by atoms with E-state index in [9.17, 15) is 0 Å². The Morgan fingerprint density at radius 1 is 0.815 bits per heavy atom. The van der Waals surface area contributed by atoms with Crippen LogP contribution < -0.4 is 9.80 Å². The van der Waals surface area contributed by atoms with Gasteiger partial charge in [-0.15, -0.1) is 5.10 Å². The van der Waals surface area contributed by atoms with Gasteiger partial charge in [-0.2, -0.15) is 5.10 Å². The topological polar surface area (TPSA) is 58.0 Å². The Morgan fingerprint density at radius 3 is 2.15 bits per heavy atom. The van der Waals surface area contributed by atoms with Gasteiger partial charge >= 0.3 is 0 Å². The molecule has 0 saturated carbocycles. The van der Waals surface area contributed by atoms with Crippen LogP contribution in [-0.4, -0.2) is 46.3 Å². The van der Waals surface area contributed by atoms with Crippen molar-refractivity contribution in [2.45, 2.75) is 19.8 Å². The Bertz CT molecular complexity index is 874. The lowest BCUT2D eigenvalue weighted by molar-refractivity contribution is 0.629. The summed E-state index contributed by atoms with van der Waals surface area (Å²) in [6.45, 7) is 7.77. The molecule has 1 aliphatic rings. The molecular formula is C21H24N6. The highest BCUT2D eigenvalue weighted by Gasteiger charge is 2.23. The molecule has 1 aromatic carbocycles. The maximum atomic E-state index is 4.62. The van der Waals surface area contributed by atoms with Crippen LogP contribution in [0.15, 0.2) is 54.9 Å². The second-order valence-corrected chi connectivity index (χ2v) is 7.05. The van der Waals surface area contributed by atoms with E-state index in [4.69, 9.17) is 0 Å². The van der Waals surface area contributed by atoms with E-state index >= 15 is 0 Å². The molecule has 0 radical (unpaired) electrons. The normalized spacial score (nSPS) is 14.6. The SMILES string of the molecule is CC(C)c1cc(-c2ccccc2)c(N2CCN(c3ncccn3)CC2)nn1. The number of rotatable bonds is 4. The van der Waals surface area contributed by atoms with Crippen LogP contribution in [0.2, 0.25) is 0 Å². The standard InChI is InChI=1S/C21H24N6/c1-16(2)19-15-18(17-7-4-3-5-8-17)20(25-24-19)26-11-13-27(14-12-26)21-22-9-6-10-23-21/h3-10,15-16H,11-14H2,1-2H3. The van der Waals surface area contributed by atoms with Crippen molar-refractivity contribution in [2.24, 2.45) is 0 Å². The van der Waals surface area contributed by atoms with Gasteiger partial charge in [0.15, 0.2) is 5.82 Å². The average Bonchev–Trinajstić information content (AvgIpc) is 2.75. The average molecular weight is 360 g/mol. The maximum absolute atomic E-state index is 4.62. The van der Waals surface area contributed by atoms with Crippen molar-refractivity contribution >= 4 is 11.8 Å². The summed E-state index contributed by atoms with van der Waals surface area (Å²) in [6.07, 6.45) is 3.58. The van der Waals surface area contributed by atoms with Gasteiger partial charge < -0.3 is 9.80 Å². The molecule has 3 heterocycles. The molecule has 4 rings (SSSR count). The molecule has 0 unspecified atom stereocenters. The van der Waals surface area contributed by atoms with E-state index in [1.807, 2.05) is 12.1 Å². The van der Waals surface area contributed by atoms with E-state index in [0.29, 0.717) is 5.92 Å². The number of benzene rings is 1. The van der Waals surface area contributed by atoms with Crippen molar-refractivity contribution in [2.75, 3.05) is 36.0 Å². The molecule has 2 aromatic heterocycles. The molecule has 1 aliphatic heterocycles. The molecule has 0 bridgehead atoms. The Morgan fingerprint density at radius 2 is 1.48 bits per heavy atom. The molecule has 1 saturated heterocycles. The summed E-state index contributed by atoms with van der Waals surface area (Å²) in [4.78, 5) is 13.3. The van der Waals surface area contributed by atoms with Crippen molar-refractivity contribution in [1.29, 1.82) is 0 Å². The molecule has 1 fully saturated rings. The summed E-state index contributed by atoms with van der Waals surface area (Å²) < 4.78 is 0. The third kappa shape index (κ3) is 3.74. The van der Waals surface area contributed by atoms with Crippen LogP contribution in [0, 0.1) is 0 Å².